The van der Waals surface area contributed by atoms with Crippen LogP contribution in [0.4, 0.5) is 0 Å². The van der Waals surface area contributed by atoms with E-state index in [2.05, 4.69) is 303 Å². The minimum atomic E-state index is -2.86. The monoisotopic (exact) mass is 1130 g/mol. The highest BCUT2D eigenvalue weighted by atomic mass is 28.3. The van der Waals surface area contributed by atoms with Gasteiger partial charge in [-0.25, -0.2) is 29.9 Å². The number of aromatic nitrogens is 6. The summed E-state index contributed by atoms with van der Waals surface area (Å²) in [6.45, 7) is 0. The molecule has 0 bridgehead atoms. The van der Waals surface area contributed by atoms with Crippen molar-refractivity contribution in [2.45, 2.75) is 0 Å². The van der Waals surface area contributed by atoms with Crippen molar-refractivity contribution in [3.63, 3.8) is 0 Å². The minimum absolute atomic E-state index is 0.575. The lowest BCUT2D eigenvalue weighted by Crippen LogP contribution is -2.74. The molecule has 0 saturated carbocycles. The van der Waals surface area contributed by atoms with Crippen molar-refractivity contribution in [2.24, 2.45) is 0 Å². The van der Waals surface area contributed by atoms with Gasteiger partial charge < -0.3 is 0 Å². The molecule has 0 saturated heterocycles. The summed E-state index contributed by atoms with van der Waals surface area (Å²) in [4.78, 5) is 31.7. The Morgan fingerprint density at radius 2 is 0.314 bits per heavy atom. The molecule has 14 rings (SSSR count). The smallest absolute Gasteiger partial charge is 0.179 e. The second-order valence-electron chi connectivity index (χ2n) is 21.4. The molecule has 86 heavy (non-hydrogen) atoms. The van der Waals surface area contributed by atoms with Crippen molar-refractivity contribution in [1.82, 2.24) is 29.9 Å². The van der Waals surface area contributed by atoms with Crippen molar-refractivity contribution >= 4 is 57.6 Å². The molecule has 8 heteroatoms. The Morgan fingerprint density at radius 3 is 0.570 bits per heavy atom. The van der Waals surface area contributed by atoms with Crippen LogP contribution in [0.1, 0.15) is 0 Å². The summed E-state index contributed by atoms with van der Waals surface area (Å²) < 4.78 is 0. The van der Waals surface area contributed by atoms with Crippen LogP contribution in [-0.2, 0) is 0 Å². The van der Waals surface area contributed by atoms with Crippen LogP contribution >= 0.6 is 0 Å². The molecule has 2 heterocycles. The summed E-state index contributed by atoms with van der Waals surface area (Å²) in [5.74, 6) is 3.54. The lowest BCUT2D eigenvalue weighted by atomic mass is 10.0. The third-order valence-corrected chi connectivity index (χ3v) is 25.8. The van der Waals surface area contributed by atoms with Gasteiger partial charge in [-0.3, -0.25) is 0 Å². The van der Waals surface area contributed by atoms with Gasteiger partial charge in [0.1, 0.15) is 0 Å². The van der Waals surface area contributed by atoms with Crippen LogP contribution in [0.25, 0.3) is 79.5 Å². The molecule has 0 aliphatic carbocycles. The zero-order valence-corrected chi connectivity index (χ0v) is 49.0. The first-order chi connectivity index (χ1) is 42.6. The third-order valence-electron chi connectivity index (χ3n) is 16.3. The zero-order chi connectivity index (χ0) is 57.5. The topological polar surface area (TPSA) is 77.3 Å². The first kappa shape index (κ1) is 53.1. The molecule has 6 nitrogen and oxygen atoms in total. The summed E-state index contributed by atoms with van der Waals surface area (Å²) in [6.07, 6.45) is 0. The van der Waals surface area contributed by atoms with E-state index < -0.39 is 16.1 Å². The molecule has 2 aromatic heterocycles. The van der Waals surface area contributed by atoms with E-state index in [1.807, 2.05) is 36.4 Å². The highest BCUT2D eigenvalue weighted by Crippen LogP contribution is 2.32. The van der Waals surface area contributed by atoms with E-state index in [1.165, 1.54) is 41.5 Å². The van der Waals surface area contributed by atoms with Crippen molar-refractivity contribution < 1.29 is 0 Å². The number of hydrogen-bond acceptors (Lipinski definition) is 6. The van der Waals surface area contributed by atoms with Gasteiger partial charge in [0, 0.05) is 33.4 Å². The normalized spacial score (nSPS) is 11.5. The molecule has 406 valence electrons. The zero-order valence-electron chi connectivity index (χ0n) is 47.0. The maximum atomic E-state index is 5.36. The Kier molecular flexibility index (Phi) is 14.7. The van der Waals surface area contributed by atoms with Crippen LogP contribution < -0.4 is 41.5 Å². The molecule has 0 unspecified atom stereocenters. The second kappa shape index (κ2) is 23.8. The molecule has 0 spiro atoms. The maximum absolute atomic E-state index is 5.36. The fraction of sp³-hybridized carbons (Fsp3) is 0. The Hall–Kier alpha value is -10.9. The molecule has 0 aliphatic rings. The quantitative estimate of drug-likeness (QED) is 0.0752. The van der Waals surface area contributed by atoms with Gasteiger partial charge in [0.2, 0.25) is 0 Å². The van der Waals surface area contributed by atoms with Gasteiger partial charge in [-0.15, -0.1) is 0 Å². The SMILES string of the molecule is c1ccc(-c2nc(-c3cccc(-c4cccc(-c5nc(-c6ccccc6)nc(-c6cccc([Si](c7ccccc7)(c7ccccc7)c7ccccc7)c6)n5)c4)c3)nc(-c3cccc([Si](c4ccccc4)(c4ccccc4)c4ccccc4)c3)n2)cc1. The van der Waals surface area contributed by atoms with E-state index in [4.69, 9.17) is 29.9 Å². The van der Waals surface area contributed by atoms with E-state index in [1.54, 1.807) is 0 Å². The fourth-order valence-electron chi connectivity index (χ4n) is 12.3. The van der Waals surface area contributed by atoms with E-state index >= 15 is 0 Å². The Labute approximate surface area is 503 Å². The molecule has 12 aromatic carbocycles. The summed E-state index contributed by atoms with van der Waals surface area (Å²) in [5, 5.41) is 10.2. The van der Waals surface area contributed by atoms with Gasteiger partial charge >= 0.3 is 0 Å². The summed E-state index contributed by atoms with van der Waals surface area (Å²) in [6, 6.07) is 121. The molecular formula is C78H56N6Si2. The second-order valence-corrected chi connectivity index (χ2v) is 29.0. The molecule has 0 aliphatic heterocycles. The average Bonchev–Trinajstić information content (AvgIpc) is 1.09. The molecule has 0 amide bonds. The summed E-state index contributed by atoms with van der Waals surface area (Å²) in [7, 11) is -5.72. The number of hydrogen-bond donors (Lipinski definition) is 0. The standard InChI is InChI=1S/C78H56N6Si2/c1-9-29-57(30-10-1)73-79-75(83-77(81-73)63-37-27-51-71(55-63)85(65-39-13-3-14-40-65,66-41-15-4-16-42-66)67-43-17-5-18-44-67)61-35-25-33-59(53-61)60-34-26-36-62(54-60)76-80-74(58-31-11-2-12-32-58)82-78(84-76)64-38-28-52-72(56-64)86(68-45-19-6-20-46-68,69-47-21-7-22-48-69)70-49-23-8-24-50-70/h1-56H. The van der Waals surface area contributed by atoms with Crippen LogP contribution in [0.3, 0.4) is 0 Å². The number of rotatable bonds is 15. The molecular weight excluding hydrogens is 1080 g/mol. The predicted octanol–water partition coefficient (Wildman–Crippen LogP) is 12.5. The van der Waals surface area contributed by atoms with Crippen LogP contribution in [0, 0.1) is 0 Å². The van der Waals surface area contributed by atoms with Gasteiger partial charge in [-0.1, -0.05) is 328 Å². The first-order valence-corrected chi connectivity index (χ1v) is 33.0. The van der Waals surface area contributed by atoms with Crippen molar-refractivity contribution in [3.05, 3.63) is 340 Å². The van der Waals surface area contributed by atoms with Crippen LogP contribution in [-0.4, -0.2) is 46.1 Å². The Bertz CT molecular complexity index is 4130. The summed E-state index contributed by atoms with van der Waals surface area (Å²) in [5.41, 5.74) is 7.35. The fourth-order valence-corrected chi connectivity index (χ4v) is 21.9. The molecule has 0 N–H and O–H groups in total. The van der Waals surface area contributed by atoms with Crippen molar-refractivity contribution in [2.75, 3.05) is 0 Å². The number of nitrogens with zero attached hydrogens (tertiary/aromatic N) is 6. The Morgan fingerprint density at radius 1 is 0.140 bits per heavy atom. The van der Waals surface area contributed by atoms with Gasteiger partial charge in [-0.2, -0.15) is 0 Å². The largest absolute Gasteiger partial charge is 0.208 e. The highest BCUT2D eigenvalue weighted by Gasteiger charge is 2.43. The maximum Gasteiger partial charge on any atom is 0.179 e. The minimum Gasteiger partial charge on any atom is -0.208 e. The van der Waals surface area contributed by atoms with Gasteiger partial charge in [-0.05, 0) is 64.8 Å². The van der Waals surface area contributed by atoms with E-state index in [-0.39, 0.29) is 0 Å². The Balaban J connectivity index is 0.872. The highest BCUT2D eigenvalue weighted by molar-refractivity contribution is 7.20. The summed E-state index contributed by atoms with van der Waals surface area (Å²) >= 11 is 0. The predicted molar refractivity (Wildman–Crippen MR) is 358 cm³/mol. The van der Waals surface area contributed by atoms with E-state index in [0.717, 1.165) is 44.5 Å². The molecule has 14 aromatic rings. The van der Waals surface area contributed by atoms with Crippen molar-refractivity contribution in [3.8, 4) is 79.5 Å². The van der Waals surface area contributed by atoms with Crippen LogP contribution in [0.5, 0.6) is 0 Å². The average molecular weight is 1130 g/mol. The van der Waals surface area contributed by atoms with Crippen LogP contribution in [0.15, 0.2) is 340 Å². The van der Waals surface area contributed by atoms with E-state index in [9.17, 15) is 0 Å². The van der Waals surface area contributed by atoms with Gasteiger partial charge in [0.25, 0.3) is 0 Å². The van der Waals surface area contributed by atoms with E-state index in [0.29, 0.717) is 34.9 Å². The van der Waals surface area contributed by atoms with Crippen LogP contribution in [0.2, 0.25) is 0 Å². The molecule has 0 radical (unpaired) electrons. The van der Waals surface area contributed by atoms with Crippen molar-refractivity contribution in [1.29, 1.82) is 0 Å². The number of benzene rings is 12. The van der Waals surface area contributed by atoms with Gasteiger partial charge in [0.05, 0.1) is 0 Å². The lowest BCUT2D eigenvalue weighted by Gasteiger charge is -2.34. The first-order valence-electron chi connectivity index (χ1n) is 29.0. The molecule has 0 fully saturated rings. The molecule has 0 atom stereocenters. The lowest BCUT2D eigenvalue weighted by molar-refractivity contribution is 1.07. The third kappa shape index (κ3) is 10.2. The van der Waals surface area contributed by atoms with Gasteiger partial charge in [0.15, 0.2) is 51.1 Å².